The van der Waals surface area contributed by atoms with E-state index in [1.807, 2.05) is 0 Å². The van der Waals surface area contributed by atoms with E-state index in [4.69, 9.17) is 0 Å². The molecule has 0 aliphatic rings. The summed E-state index contributed by atoms with van der Waals surface area (Å²) in [6.07, 6.45) is -3.46. The standard InChI is InChI=1S/C19H13F4NO2S/c20-15-3-1-9-24-18(15)14(11-16(25)17-4-2-10-27-17)12-5-7-13(8-6-12)26-19(21,22)23/h1-10,14H,11H2/t14-/m0/s1. The van der Waals surface area contributed by atoms with E-state index >= 15 is 0 Å². The highest BCUT2D eigenvalue weighted by atomic mass is 32.1. The molecule has 0 N–H and O–H groups in total. The maximum atomic E-state index is 14.3. The Bertz CT molecular complexity index is 908. The quantitative estimate of drug-likeness (QED) is 0.404. The number of nitrogens with zero attached hydrogens (tertiary/aromatic N) is 1. The SMILES string of the molecule is O=C(C[C@@H](c1ccc(OC(F)(F)F)cc1)c1ncccc1F)c1cccs1. The Morgan fingerprint density at radius 1 is 1.11 bits per heavy atom. The highest BCUT2D eigenvalue weighted by molar-refractivity contribution is 7.12. The van der Waals surface area contributed by atoms with Gasteiger partial charge in [0.1, 0.15) is 11.6 Å². The van der Waals surface area contributed by atoms with Gasteiger partial charge < -0.3 is 4.74 Å². The first-order chi connectivity index (χ1) is 12.8. The number of aromatic nitrogens is 1. The van der Waals surface area contributed by atoms with Crippen LogP contribution in [-0.4, -0.2) is 17.1 Å². The Labute approximate surface area is 156 Å². The summed E-state index contributed by atoms with van der Waals surface area (Å²) in [6.45, 7) is 0. The Morgan fingerprint density at radius 3 is 2.44 bits per heavy atom. The number of Topliss-reactive ketones (excluding diaryl/α,β-unsaturated/α-hetero) is 1. The van der Waals surface area contributed by atoms with E-state index in [0.717, 1.165) is 12.1 Å². The summed E-state index contributed by atoms with van der Waals surface area (Å²) in [6, 6.07) is 11.1. The van der Waals surface area contributed by atoms with Gasteiger partial charge in [-0.05, 0) is 41.3 Å². The van der Waals surface area contributed by atoms with Crippen LogP contribution in [0.15, 0.2) is 60.1 Å². The van der Waals surface area contributed by atoms with Crippen LogP contribution in [0.1, 0.15) is 33.3 Å². The predicted octanol–water partition coefficient (Wildman–Crippen LogP) is 5.59. The summed E-state index contributed by atoms with van der Waals surface area (Å²) in [5.74, 6) is -1.91. The number of carbonyl (C=O) groups is 1. The fourth-order valence-corrected chi connectivity index (χ4v) is 3.33. The molecule has 0 bridgehead atoms. The minimum absolute atomic E-state index is 0.0616. The predicted molar refractivity (Wildman–Crippen MR) is 92.4 cm³/mol. The van der Waals surface area contributed by atoms with Gasteiger partial charge in [0, 0.05) is 18.5 Å². The zero-order chi connectivity index (χ0) is 19.4. The van der Waals surface area contributed by atoms with Crippen molar-refractivity contribution in [3.63, 3.8) is 0 Å². The van der Waals surface area contributed by atoms with Crippen LogP contribution in [0.2, 0.25) is 0 Å². The molecule has 140 valence electrons. The molecule has 3 aromatic rings. The van der Waals surface area contributed by atoms with Crippen LogP contribution in [0.4, 0.5) is 17.6 Å². The highest BCUT2D eigenvalue weighted by Crippen LogP contribution is 2.32. The van der Waals surface area contributed by atoms with Crippen LogP contribution in [-0.2, 0) is 0 Å². The van der Waals surface area contributed by atoms with Crippen LogP contribution in [0.25, 0.3) is 0 Å². The van der Waals surface area contributed by atoms with E-state index in [2.05, 4.69) is 9.72 Å². The number of ether oxygens (including phenoxy) is 1. The first-order valence-electron chi connectivity index (χ1n) is 7.86. The summed E-state index contributed by atoms with van der Waals surface area (Å²) < 4.78 is 55.1. The molecule has 3 rings (SSSR count). The van der Waals surface area contributed by atoms with Crippen LogP contribution < -0.4 is 4.74 Å². The third kappa shape index (κ3) is 4.91. The van der Waals surface area contributed by atoms with Crippen LogP contribution in [0, 0.1) is 5.82 Å². The summed E-state index contributed by atoms with van der Waals surface area (Å²) in [5, 5.41) is 1.76. The molecule has 0 aliphatic heterocycles. The first kappa shape index (κ1) is 19.0. The summed E-state index contributed by atoms with van der Waals surface area (Å²) >= 11 is 1.27. The number of benzene rings is 1. The number of pyridine rings is 1. The fourth-order valence-electron chi connectivity index (χ4n) is 2.65. The van der Waals surface area contributed by atoms with Gasteiger partial charge in [-0.15, -0.1) is 24.5 Å². The van der Waals surface area contributed by atoms with Gasteiger partial charge in [-0.25, -0.2) is 4.39 Å². The van der Waals surface area contributed by atoms with Crippen LogP contribution >= 0.6 is 11.3 Å². The second kappa shape index (κ2) is 7.87. The van der Waals surface area contributed by atoms with Gasteiger partial charge in [-0.3, -0.25) is 9.78 Å². The van der Waals surface area contributed by atoms with Gasteiger partial charge >= 0.3 is 6.36 Å². The van der Waals surface area contributed by atoms with Crippen LogP contribution in [0.5, 0.6) is 5.75 Å². The summed E-state index contributed by atoms with van der Waals surface area (Å²) in [7, 11) is 0. The van der Waals surface area contributed by atoms with Crippen molar-refractivity contribution in [2.24, 2.45) is 0 Å². The van der Waals surface area contributed by atoms with Crippen LogP contribution in [0.3, 0.4) is 0 Å². The molecule has 0 saturated heterocycles. The Hall–Kier alpha value is -2.74. The number of halogens is 4. The molecule has 2 aromatic heterocycles. The number of thiophene rings is 1. The molecular formula is C19H13F4NO2S. The summed E-state index contributed by atoms with van der Waals surface area (Å²) in [5.41, 5.74) is 0.527. The fraction of sp³-hybridized carbons (Fsp3) is 0.158. The lowest BCUT2D eigenvalue weighted by Gasteiger charge is -2.17. The van der Waals surface area contributed by atoms with Crippen molar-refractivity contribution in [2.45, 2.75) is 18.7 Å². The molecule has 1 atom stereocenters. The monoisotopic (exact) mass is 395 g/mol. The minimum Gasteiger partial charge on any atom is -0.406 e. The topological polar surface area (TPSA) is 39.2 Å². The van der Waals surface area contributed by atoms with Gasteiger partial charge in [0.2, 0.25) is 0 Å². The van der Waals surface area contributed by atoms with Crippen molar-refractivity contribution >= 4 is 17.1 Å². The lowest BCUT2D eigenvalue weighted by molar-refractivity contribution is -0.274. The average Bonchev–Trinajstić information content (AvgIpc) is 3.14. The molecule has 8 heteroatoms. The zero-order valence-electron chi connectivity index (χ0n) is 13.7. The molecule has 2 heterocycles. The number of hydrogen-bond donors (Lipinski definition) is 0. The molecule has 0 radical (unpaired) electrons. The van der Waals surface area contributed by atoms with E-state index in [0.29, 0.717) is 10.4 Å². The Morgan fingerprint density at radius 2 is 1.85 bits per heavy atom. The van der Waals surface area contributed by atoms with Crippen molar-refractivity contribution in [3.8, 4) is 5.75 Å². The van der Waals surface area contributed by atoms with Crippen molar-refractivity contribution in [1.29, 1.82) is 0 Å². The zero-order valence-corrected chi connectivity index (χ0v) is 14.6. The lowest BCUT2D eigenvalue weighted by atomic mass is 9.89. The average molecular weight is 395 g/mol. The number of rotatable bonds is 6. The maximum absolute atomic E-state index is 14.3. The van der Waals surface area contributed by atoms with Gasteiger partial charge in [0.15, 0.2) is 5.78 Å². The molecule has 0 unspecified atom stereocenters. The molecule has 0 aliphatic carbocycles. The first-order valence-corrected chi connectivity index (χ1v) is 8.74. The highest BCUT2D eigenvalue weighted by Gasteiger charge is 2.31. The van der Waals surface area contributed by atoms with E-state index in [1.165, 1.54) is 41.8 Å². The van der Waals surface area contributed by atoms with Gasteiger partial charge in [0.25, 0.3) is 0 Å². The smallest absolute Gasteiger partial charge is 0.406 e. The molecule has 1 aromatic carbocycles. The minimum atomic E-state index is -4.80. The van der Waals surface area contributed by atoms with Crippen molar-refractivity contribution < 1.29 is 27.1 Å². The Balaban J connectivity index is 1.92. The maximum Gasteiger partial charge on any atom is 0.573 e. The van der Waals surface area contributed by atoms with Crippen molar-refractivity contribution in [3.05, 3.63) is 82.1 Å². The van der Waals surface area contributed by atoms with Gasteiger partial charge in [-0.1, -0.05) is 18.2 Å². The van der Waals surface area contributed by atoms with Gasteiger partial charge in [0.05, 0.1) is 10.6 Å². The van der Waals surface area contributed by atoms with E-state index in [-0.39, 0.29) is 17.9 Å². The third-order valence-electron chi connectivity index (χ3n) is 3.82. The van der Waals surface area contributed by atoms with E-state index < -0.39 is 23.8 Å². The number of carbonyl (C=O) groups excluding carboxylic acids is 1. The van der Waals surface area contributed by atoms with Crippen molar-refractivity contribution in [1.82, 2.24) is 4.98 Å². The third-order valence-corrected chi connectivity index (χ3v) is 4.73. The van der Waals surface area contributed by atoms with E-state index in [9.17, 15) is 22.4 Å². The summed E-state index contributed by atoms with van der Waals surface area (Å²) in [4.78, 5) is 17.1. The van der Waals surface area contributed by atoms with Gasteiger partial charge in [-0.2, -0.15) is 0 Å². The molecule has 0 amide bonds. The molecule has 27 heavy (non-hydrogen) atoms. The molecule has 0 spiro atoms. The second-order valence-corrected chi connectivity index (χ2v) is 6.59. The molecule has 3 nitrogen and oxygen atoms in total. The number of ketones is 1. The second-order valence-electron chi connectivity index (χ2n) is 5.64. The molecule has 0 saturated carbocycles. The van der Waals surface area contributed by atoms with E-state index in [1.54, 1.807) is 17.5 Å². The number of hydrogen-bond acceptors (Lipinski definition) is 4. The molecular weight excluding hydrogens is 382 g/mol. The normalized spacial score (nSPS) is 12.6. The Kier molecular flexibility index (Phi) is 5.55. The molecule has 0 fully saturated rings. The van der Waals surface area contributed by atoms with Crippen molar-refractivity contribution in [2.75, 3.05) is 0 Å². The largest absolute Gasteiger partial charge is 0.573 e. The lowest BCUT2D eigenvalue weighted by Crippen LogP contribution is -2.17. The number of alkyl halides is 3.